The number of imide groups is 1. The molecule has 0 spiro atoms. The van der Waals surface area contributed by atoms with Gasteiger partial charge in [0.05, 0.1) is 6.54 Å². The summed E-state index contributed by atoms with van der Waals surface area (Å²) in [6, 6.07) is 8.97. The molecule has 2 aliphatic rings. The topological polar surface area (TPSA) is 61.4 Å². The zero-order valence-corrected chi connectivity index (χ0v) is 16.0. The molecular weight excluding hydrogens is 326 g/mol. The van der Waals surface area contributed by atoms with E-state index in [1.54, 1.807) is 0 Å². The summed E-state index contributed by atoms with van der Waals surface area (Å²) in [5.41, 5.74) is 2.54. The molecule has 3 amide bonds. The molecule has 0 radical (unpaired) electrons. The molecule has 3 rings (SSSR count). The van der Waals surface area contributed by atoms with E-state index in [1.165, 1.54) is 11.1 Å². The predicted octanol–water partition coefficient (Wildman–Crippen LogP) is 3.54. The van der Waals surface area contributed by atoms with Crippen molar-refractivity contribution in [3.63, 3.8) is 0 Å². The number of nitrogens with one attached hydrogen (secondary N) is 2. The van der Waals surface area contributed by atoms with Crippen molar-refractivity contribution < 1.29 is 9.59 Å². The molecule has 0 aliphatic heterocycles. The number of amides is 3. The van der Waals surface area contributed by atoms with Crippen LogP contribution in [0.3, 0.4) is 0 Å². The van der Waals surface area contributed by atoms with Gasteiger partial charge in [-0.2, -0.15) is 0 Å². The van der Waals surface area contributed by atoms with E-state index < -0.39 is 0 Å². The average molecular weight is 357 g/mol. The van der Waals surface area contributed by atoms with Crippen LogP contribution in [0.15, 0.2) is 24.3 Å². The molecule has 0 saturated heterocycles. The molecule has 0 atom stereocenters. The molecule has 5 heteroatoms. The van der Waals surface area contributed by atoms with Gasteiger partial charge in [-0.3, -0.25) is 15.0 Å². The Morgan fingerprint density at radius 1 is 1.08 bits per heavy atom. The fourth-order valence-electron chi connectivity index (χ4n) is 3.64. The van der Waals surface area contributed by atoms with Crippen molar-refractivity contribution in [3.8, 4) is 0 Å². The molecular formula is C21H31N3O2. The molecule has 26 heavy (non-hydrogen) atoms. The van der Waals surface area contributed by atoms with Crippen LogP contribution in [0, 0.1) is 0 Å². The number of rotatable bonds is 7. The summed E-state index contributed by atoms with van der Waals surface area (Å²) in [6.45, 7) is 5.40. The largest absolute Gasteiger partial charge is 0.335 e. The normalized spacial score (nSPS) is 17.7. The van der Waals surface area contributed by atoms with Gasteiger partial charge in [0.15, 0.2) is 0 Å². The van der Waals surface area contributed by atoms with E-state index >= 15 is 0 Å². The second-order valence-electron chi connectivity index (χ2n) is 8.04. The SMILES string of the molecule is CC(C)c1ccc(CN(CC(=O)NC(=O)NC2CCCC2)C2CC2)cc1. The molecule has 0 unspecified atom stereocenters. The smallest absolute Gasteiger partial charge is 0.321 e. The first-order valence-electron chi connectivity index (χ1n) is 9.94. The number of carbonyl (C=O) groups is 2. The highest BCUT2D eigenvalue weighted by molar-refractivity contribution is 5.95. The minimum Gasteiger partial charge on any atom is -0.335 e. The number of hydrogen-bond donors (Lipinski definition) is 2. The number of nitrogens with zero attached hydrogens (tertiary/aromatic N) is 1. The van der Waals surface area contributed by atoms with Crippen molar-refractivity contribution in [2.24, 2.45) is 0 Å². The highest BCUT2D eigenvalue weighted by Gasteiger charge is 2.30. The van der Waals surface area contributed by atoms with Gasteiger partial charge in [-0.1, -0.05) is 51.0 Å². The van der Waals surface area contributed by atoms with Crippen molar-refractivity contribution in [2.75, 3.05) is 6.54 Å². The Labute approximate surface area is 156 Å². The van der Waals surface area contributed by atoms with E-state index in [9.17, 15) is 9.59 Å². The number of benzene rings is 1. The second kappa shape index (κ2) is 8.67. The second-order valence-corrected chi connectivity index (χ2v) is 8.04. The Bertz CT molecular complexity index is 617. The van der Waals surface area contributed by atoms with Crippen LogP contribution in [-0.2, 0) is 11.3 Å². The van der Waals surface area contributed by atoms with Gasteiger partial charge in [0.25, 0.3) is 0 Å². The van der Waals surface area contributed by atoms with Gasteiger partial charge in [-0.15, -0.1) is 0 Å². The number of hydrogen-bond acceptors (Lipinski definition) is 3. The molecule has 0 bridgehead atoms. The fraction of sp³-hybridized carbons (Fsp3) is 0.619. The van der Waals surface area contributed by atoms with E-state index in [1.807, 2.05) is 0 Å². The zero-order valence-electron chi connectivity index (χ0n) is 16.0. The molecule has 0 aromatic heterocycles. The Morgan fingerprint density at radius 3 is 2.31 bits per heavy atom. The standard InChI is InChI=1S/C21H31N3O2/c1-15(2)17-9-7-16(8-10-17)13-24(19-11-12-19)14-20(25)23-21(26)22-18-5-3-4-6-18/h7-10,15,18-19H,3-6,11-14H2,1-2H3,(H2,22,23,25,26). The van der Waals surface area contributed by atoms with Crippen molar-refractivity contribution in [1.29, 1.82) is 0 Å². The molecule has 0 heterocycles. The van der Waals surface area contributed by atoms with Gasteiger partial charge >= 0.3 is 6.03 Å². The Hall–Kier alpha value is -1.88. The lowest BCUT2D eigenvalue weighted by atomic mass is 10.0. The summed E-state index contributed by atoms with van der Waals surface area (Å²) in [6.07, 6.45) is 6.61. The van der Waals surface area contributed by atoms with Gasteiger partial charge in [0, 0.05) is 18.6 Å². The fourth-order valence-corrected chi connectivity index (χ4v) is 3.64. The third-order valence-electron chi connectivity index (χ3n) is 5.39. The van der Waals surface area contributed by atoms with Crippen LogP contribution in [0.2, 0.25) is 0 Å². The summed E-state index contributed by atoms with van der Waals surface area (Å²) >= 11 is 0. The van der Waals surface area contributed by atoms with E-state index in [4.69, 9.17) is 0 Å². The van der Waals surface area contributed by atoms with Crippen LogP contribution in [0.1, 0.15) is 69.4 Å². The molecule has 142 valence electrons. The van der Waals surface area contributed by atoms with Crippen LogP contribution >= 0.6 is 0 Å². The lowest BCUT2D eigenvalue weighted by Gasteiger charge is -2.22. The van der Waals surface area contributed by atoms with Crippen LogP contribution < -0.4 is 10.6 Å². The number of carbonyl (C=O) groups excluding carboxylic acids is 2. The minimum atomic E-state index is -0.348. The summed E-state index contributed by atoms with van der Waals surface area (Å²) in [5.74, 6) is 0.305. The van der Waals surface area contributed by atoms with Crippen molar-refractivity contribution in [3.05, 3.63) is 35.4 Å². The third kappa shape index (κ3) is 5.56. The quantitative estimate of drug-likeness (QED) is 0.784. The summed E-state index contributed by atoms with van der Waals surface area (Å²) in [7, 11) is 0. The third-order valence-corrected chi connectivity index (χ3v) is 5.39. The monoisotopic (exact) mass is 357 g/mol. The first-order valence-corrected chi connectivity index (χ1v) is 9.94. The first kappa shape index (κ1) is 18.9. The Morgan fingerprint density at radius 2 is 1.73 bits per heavy atom. The van der Waals surface area contributed by atoms with Gasteiger partial charge in [0.2, 0.25) is 5.91 Å². The summed E-state index contributed by atoms with van der Waals surface area (Å²) in [5, 5.41) is 5.40. The van der Waals surface area contributed by atoms with E-state index in [0.29, 0.717) is 12.0 Å². The van der Waals surface area contributed by atoms with Crippen LogP contribution in [-0.4, -0.2) is 35.5 Å². The first-order chi connectivity index (χ1) is 12.5. The molecule has 2 saturated carbocycles. The van der Waals surface area contributed by atoms with Gasteiger partial charge < -0.3 is 5.32 Å². The minimum absolute atomic E-state index is 0.216. The molecule has 2 N–H and O–H groups in total. The van der Waals surface area contributed by atoms with Crippen molar-refractivity contribution in [1.82, 2.24) is 15.5 Å². The Balaban J connectivity index is 1.49. The highest BCUT2D eigenvalue weighted by atomic mass is 16.2. The Kier molecular flexibility index (Phi) is 6.30. The van der Waals surface area contributed by atoms with Crippen LogP contribution in [0.5, 0.6) is 0 Å². The highest BCUT2D eigenvalue weighted by Crippen LogP contribution is 2.28. The molecule has 2 aliphatic carbocycles. The molecule has 1 aromatic rings. The van der Waals surface area contributed by atoms with E-state index in [-0.39, 0.29) is 24.5 Å². The summed E-state index contributed by atoms with van der Waals surface area (Å²) in [4.78, 5) is 26.4. The summed E-state index contributed by atoms with van der Waals surface area (Å²) < 4.78 is 0. The molecule has 1 aromatic carbocycles. The maximum atomic E-state index is 12.3. The lowest BCUT2D eigenvalue weighted by molar-refractivity contribution is -0.121. The molecule has 2 fully saturated rings. The van der Waals surface area contributed by atoms with Gasteiger partial charge in [-0.25, -0.2) is 4.79 Å². The van der Waals surface area contributed by atoms with E-state index in [0.717, 1.165) is 45.1 Å². The van der Waals surface area contributed by atoms with Crippen LogP contribution in [0.25, 0.3) is 0 Å². The maximum absolute atomic E-state index is 12.3. The zero-order chi connectivity index (χ0) is 18.5. The van der Waals surface area contributed by atoms with Crippen molar-refractivity contribution >= 4 is 11.9 Å². The number of urea groups is 1. The van der Waals surface area contributed by atoms with E-state index in [2.05, 4.69) is 53.6 Å². The molecule has 5 nitrogen and oxygen atoms in total. The maximum Gasteiger partial charge on any atom is 0.321 e. The van der Waals surface area contributed by atoms with Crippen molar-refractivity contribution in [2.45, 2.75) is 76.9 Å². The lowest BCUT2D eigenvalue weighted by Crippen LogP contribution is -2.47. The van der Waals surface area contributed by atoms with Gasteiger partial charge in [0.1, 0.15) is 0 Å². The predicted molar refractivity (Wildman–Crippen MR) is 103 cm³/mol. The average Bonchev–Trinajstić information content (AvgIpc) is 3.32. The van der Waals surface area contributed by atoms with Gasteiger partial charge in [-0.05, 0) is 42.7 Å². The van der Waals surface area contributed by atoms with Crippen LogP contribution in [0.4, 0.5) is 4.79 Å².